The second-order valence-electron chi connectivity index (χ2n) is 7.03. The van der Waals surface area contributed by atoms with E-state index < -0.39 is 16.4 Å². The van der Waals surface area contributed by atoms with Crippen molar-refractivity contribution in [2.24, 2.45) is 7.05 Å². The van der Waals surface area contributed by atoms with Crippen LogP contribution in [0.3, 0.4) is 0 Å². The zero-order valence-corrected chi connectivity index (χ0v) is 17.3. The standard InChI is InChI=1S/C19H23F2N5O3S/c1-26-12-14(18(25-26)19(20)21)10-23-16-6-5-13(9-22)8-17(16)30(27,28)24-11-15-4-2-3-7-29-15/h5-6,8,12,15,19,23-24H,2-4,7,10-11H2,1H3. The van der Waals surface area contributed by atoms with E-state index in [1.807, 2.05) is 6.07 Å². The van der Waals surface area contributed by atoms with E-state index in [1.165, 1.54) is 36.1 Å². The minimum absolute atomic E-state index is 0.0479. The molecule has 1 fully saturated rings. The van der Waals surface area contributed by atoms with E-state index in [2.05, 4.69) is 15.1 Å². The highest BCUT2D eigenvalue weighted by Crippen LogP contribution is 2.26. The summed E-state index contributed by atoms with van der Waals surface area (Å²) in [6.07, 6.45) is 1.20. The van der Waals surface area contributed by atoms with Crippen LogP contribution in [0.2, 0.25) is 0 Å². The van der Waals surface area contributed by atoms with Gasteiger partial charge in [0.05, 0.1) is 23.4 Å². The zero-order valence-electron chi connectivity index (χ0n) is 16.4. The monoisotopic (exact) mass is 439 g/mol. The third kappa shape index (κ3) is 5.33. The van der Waals surface area contributed by atoms with Crippen molar-refractivity contribution in [3.63, 3.8) is 0 Å². The maximum atomic E-state index is 13.2. The van der Waals surface area contributed by atoms with Crippen LogP contribution in [0.15, 0.2) is 29.3 Å². The van der Waals surface area contributed by atoms with Gasteiger partial charge in [0.1, 0.15) is 10.6 Å². The Morgan fingerprint density at radius 2 is 2.20 bits per heavy atom. The van der Waals surface area contributed by atoms with E-state index in [0.29, 0.717) is 6.61 Å². The quantitative estimate of drug-likeness (QED) is 0.655. The molecule has 1 unspecified atom stereocenters. The van der Waals surface area contributed by atoms with Crippen molar-refractivity contribution in [3.05, 3.63) is 41.2 Å². The summed E-state index contributed by atoms with van der Waals surface area (Å²) >= 11 is 0. The van der Waals surface area contributed by atoms with Crippen molar-refractivity contribution in [2.45, 2.75) is 43.2 Å². The van der Waals surface area contributed by atoms with Gasteiger partial charge in [-0.3, -0.25) is 4.68 Å². The molecule has 2 heterocycles. The van der Waals surface area contributed by atoms with Gasteiger partial charge in [0.15, 0.2) is 0 Å². The first kappa shape index (κ1) is 22.1. The Balaban J connectivity index is 1.81. The molecule has 2 aromatic rings. The van der Waals surface area contributed by atoms with Crippen molar-refractivity contribution in [1.82, 2.24) is 14.5 Å². The van der Waals surface area contributed by atoms with Crippen LogP contribution in [-0.4, -0.2) is 37.5 Å². The topological polar surface area (TPSA) is 109 Å². The Morgan fingerprint density at radius 1 is 1.40 bits per heavy atom. The van der Waals surface area contributed by atoms with E-state index in [4.69, 9.17) is 10.00 Å². The van der Waals surface area contributed by atoms with E-state index in [0.717, 1.165) is 19.3 Å². The van der Waals surface area contributed by atoms with Crippen LogP contribution in [0.4, 0.5) is 14.5 Å². The van der Waals surface area contributed by atoms with E-state index in [1.54, 1.807) is 0 Å². The number of alkyl halides is 2. The fourth-order valence-corrected chi connectivity index (χ4v) is 4.55. The fraction of sp³-hybridized carbons (Fsp3) is 0.474. The molecule has 162 valence electrons. The second-order valence-corrected chi connectivity index (χ2v) is 8.77. The number of nitrogens with zero attached hydrogens (tertiary/aromatic N) is 3. The van der Waals surface area contributed by atoms with Crippen molar-refractivity contribution >= 4 is 15.7 Å². The molecule has 1 atom stereocenters. The highest BCUT2D eigenvalue weighted by molar-refractivity contribution is 7.89. The fourth-order valence-electron chi connectivity index (χ4n) is 3.27. The van der Waals surface area contributed by atoms with Crippen LogP contribution < -0.4 is 10.0 Å². The lowest BCUT2D eigenvalue weighted by molar-refractivity contribution is 0.0200. The predicted octanol–water partition coefficient (Wildman–Crippen LogP) is 2.69. The van der Waals surface area contributed by atoms with Gasteiger partial charge in [-0.1, -0.05) is 0 Å². The van der Waals surface area contributed by atoms with Gasteiger partial charge >= 0.3 is 0 Å². The lowest BCUT2D eigenvalue weighted by Crippen LogP contribution is -2.35. The van der Waals surface area contributed by atoms with Gasteiger partial charge in [-0.2, -0.15) is 10.4 Å². The van der Waals surface area contributed by atoms with Crippen molar-refractivity contribution in [3.8, 4) is 6.07 Å². The van der Waals surface area contributed by atoms with Gasteiger partial charge < -0.3 is 10.1 Å². The number of anilines is 1. The number of aromatic nitrogens is 2. The minimum atomic E-state index is -3.96. The zero-order chi connectivity index (χ0) is 21.7. The van der Waals surface area contributed by atoms with Gasteiger partial charge in [-0.25, -0.2) is 21.9 Å². The first-order valence-electron chi connectivity index (χ1n) is 9.50. The van der Waals surface area contributed by atoms with E-state index >= 15 is 0 Å². The first-order valence-corrected chi connectivity index (χ1v) is 11.0. The number of halogens is 2. The molecule has 1 aromatic carbocycles. The minimum Gasteiger partial charge on any atom is -0.380 e. The summed E-state index contributed by atoms with van der Waals surface area (Å²) in [4.78, 5) is -0.125. The number of aryl methyl sites for hydroxylation is 1. The molecule has 0 amide bonds. The number of benzene rings is 1. The summed E-state index contributed by atoms with van der Waals surface area (Å²) in [5, 5.41) is 15.8. The van der Waals surface area contributed by atoms with Gasteiger partial charge in [-0.05, 0) is 37.5 Å². The normalized spacial score (nSPS) is 17.1. The summed E-state index contributed by atoms with van der Waals surface area (Å²) < 4.78 is 61.5. The second kappa shape index (κ2) is 9.51. The molecule has 30 heavy (non-hydrogen) atoms. The lowest BCUT2D eigenvalue weighted by atomic mass is 10.1. The van der Waals surface area contributed by atoms with Crippen LogP contribution in [0.25, 0.3) is 0 Å². The molecule has 1 aromatic heterocycles. The molecule has 0 saturated carbocycles. The molecule has 1 saturated heterocycles. The summed E-state index contributed by atoms with van der Waals surface area (Å²) in [7, 11) is -2.43. The highest BCUT2D eigenvalue weighted by Gasteiger charge is 2.23. The molecular formula is C19H23F2N5O3S. The lowest BCUT2D eigenvalue weighted by Gasteiger charge is -2.23. The van der Waals surface area contributed by atoms with Gasteiger partial charge in [0, 0.05) is 38.5 Å². The number of hydrogen-bond acceptors (Lipinski definition) is 6. The number of nitrogens with one attached hydrogen (secondary N) is 2. The van der Waals surface area contributed by atoms with Crippen LogP contribution in [0.5, 0.6) is 0 Å². The molecule has 0 radical (unpaired) electrons. The molecule has 0 bridgehead atoms. The Hall–Kier alpha value is -2.55. The van der Waals surface area contributed by atoms with Crippen molar-refractivity contribution in [1.29, 1.82) is 5.26 Å². The maximum Gasteiger partial charge on any atom is 0.282 e. The molecule has 2 N–H and O–H groups in total. The maximum absolute atomic E-state index is 13.2. The smallest absolute Gasteiger partial charge is 0.282 e. The third-order valence-corrected chi connectivity index (χ3v) is 6.25. The average Bonchev–Trinajstić information content (AvgIpc) is 3.12. The third-order valence-electron chi connectivity index (χ3n) is 4.79. The molecule has 3 rings (SSSR count). The Kier molecular flexibility index (Phi) is 7.02. The van der Waals surface area contributed by atoms with E-state index in [-0.39, 0.29) is 46.6 Å². The summed E-state index contributed by atoms with van der Waals surface area (Å²) in [5.41, 5.74) is 0.263. The molecule has 8 nitrogen and oxygen atoms in total. The van der Waals surface area contributed by atoms with Crippen LogP contribution in [0.1, 0.15) is 42.5 Å². The molecule has 1 aliphatic rings. The largest absolute Gasteiger partial charge is 0.380 e. The van der Waals surface area contributed by atoms with Gasteiger partial charge in [-0.15, -0.1) is 0 Å². The summed E-state index contributed by atoms with van der Waals surface area (Å²) in [6, 6.07) is 6.08. The Labute approximate surface area is 173 Å². The predicted molar refractivity (Wildman–Crippen MR) is 105 cm³/mol. The number of ether oxygens (including phenoxy) is 1. The number of rotatable bonds is 8. The number of sulfonamides is 1. The van der Waals surface area contributed by atoms with E-state index in [9.17, 15) is 17.2 Å². The van der Waals surface area contributed by atoms with Gasteiger partial charge in [0.2, 0.25) is 10.0 Å². The summed E-state index contributed by atoms with van der Waals surface area (Å²) in [5.74, 6) is 0. The first-order chi connectivity index (χ1) is 14.3. The SMILES string of the molecule is Cn1cc(CNc2ccc(C#N)cc2S(=O)(=O)NCC2CCCCO2)c(C(F)F)n1. The average molecular weight is 439 g/mol. The van der Waals surface area contributed by atoms with Crippen LogP contribution >= 0.6 is 0 Å². The highest BCUT2D eigenvalue weighted by atomic mass is 32.2. The van der Waals surface area contributed by atoms with Crippen molar-refractivity contribution in [2.75, 3.05) is 18.5 Å². The molecular weight excluding hydrogens is 416 g/mol. The van der Waals surface area contributed by atoms with Crippen LogP contribution in [0, 0.1) is 11.3 Å². The van der Waals surface area contributed by atoms with Gasteiger partial charge in [0.25, 0.3) is 6.43 Å². The number of hydrogen-bond donors (Lipinski definition) is 2. The molecule has 0 aliphatic carbocycles. The Bertz CT molecular complexity index is 1030. The Morgan fingerprint density at radius 3 is 2.87 bits per heavy atom. The summed E-state index contributed by atoms with van der Waals surface area (Å²) in [6.45, 7) is 0.672. The van der Waals surface area contributed by atoms with Crippen molar-refractivity contribution < 1.29 is 21.9 Å². The molecule has 0 spiro atoms. The number of nitriles is 1. The molecule has 11 heteroatoms. The molecule has 1 aliphatic heterocycles. The van der Waals surface area contributed by atoms with Crippen LogP contribution in [-0.2, 0) is 28.4 Å².